The summed E-state index contributed by atoms with van der Waals surface area (Å²) in [5.74, 6) is 0. The summed E-state index contributed by atoms with van der Waals surface area (Å²) in [7, 11) is 0. The molecule has 0 bridgehead atoms. The van der Waals surface area contributed by atoms with Crippen LogP contribution in [0.4, 0.5) is 0 Å². The molecule has 0 fully saturated rings. The predicted octanol–water partition coefficient (Wildman–Crippen LogP) is 2.41. The first kappa shape index (κ1) is 11.5. The topological polar surface area (TPSA) is 69.4 Å². The summed E-state index contributed by atoms with van der Waals surface area (Å²) in [6.07, 6.45) is 1.57. The molecule has 0 amide bonds. The van der Waals surface area contributed by atoms with Crippen molar-refractivity contribution in [1.82, 2.24) is 30.2 Å². The summed E-state index contributed by atoms with van der Waals surface area (Å²) in [5.41, 5.74) is 0.959. The van der Waals surface area contributed by atoms with E-state index in [0.29, 0.717) is 0 Å². The van der Waals surface area contributed by atoms with Crippen LogP contribution >= 0.6 is 23.1 Å². The minimum Gasteiger partial charge on any atom is -0.235 e. The second-order valence-electron chi connectivity index (χ2n) is 3.92. The molecule has 3 heterocycles. The van der Waals surface area contributed by atoms with Crippen molar-refractivity contribution in [2.75, 3.05) is 0 Å². The van der Waals surface area contributed by atoms with Crippen molar-refractivity contribution in [3.05, 3.63) is 17.8 Å². The highest BCUT2D eigenvalue weighted by Crippen LogP contribution is 2.32. The number of rotatable bonds is 3. The molecule has 3 rings (SSSR count). The lowest BCUT2D eigenvalue weighted by Gasteiger charge is -2.06. The van der Waals surface area contributed by atoms with E-state index in [1.807, 2.05) is 25.3 Å². The number of hydrogen-bond acceptors (Lipinski definition) is 7. The predicted molar refractivity (Wildman–Crippen MR) is 69.7 cm³/mol. The Hall–Kier alpha value is -1.54. The number of nitrogens with zero attached hydrogens (tertiary/aromatic N) is 6. The van der Waals surface area contributed by atoms with Crippen LogP contribution in [0.3, 0.4) is 0 Å². The number of fused-ring (bicyclic) bond motifs is 1. The highest BCUT2D eigenvalue weighted by Gasteiger charge is 2.14. The molecule has 0 radical (unpaired) electrons. The van der Waals surface area contributed by atoms with Gasteiger partial charge in [-0.05, 0) is 47.5 Å². The van der Waals surface area contributed by atoms with E-state index in [9.17, 15) is 0 Å². The zero-order valence-corrected chi connectivity index (χ0v) is 11.4. The van der Waals surface area contributed by atoms with Crippen LogP contribution in [-0.4, -0.2) is 30.2 Å². The summed E-state index contributed by atoms with van der Waals surface area (Å²) >= 11 is 3.10. The van der Waals surface area contributed by atoms with E-state index >= 15 is 0 Å². The standard InChI is InChI=1S/C10H10N6S2/c1-6(2)16-10(13-14-15-16)18-9-8-7(3-4-17-8)11-5-12-9/h3-6H,1-2H3. The highest BCUT2D eigenvalue weighted by molar-refractivity contribution is 7.99. The lowest BCUT2D eigenvalue weighted by Crippen LogP contribution is -2.04. The van der Waals surface area contributed by atoms with Gasteiger partial charge in [-0.25, -0.2) is 14.6 Å². The molecule has 18 heavy (non-hydrogen) atoms. The van der Waals surface area contributed by atoms with Gasteiger partial charge < -0.3 is 0 Å². The van der Waals surface area contributed by atoms with Gasteiger partial charge >= 0.3 is 0 Å². The fraction of sp³-hybridized carbons (Fsp3) is 0.300. The van der Waals surface area contributed by atoms with Crippen LogP contribution in [0.25, 0.3) is 10.2 Å². The molecule has 3 aromatic rings. The van der Waals surface area contributed by atoms with Gasteiger partial charge in [-0.3, -0.25) is 0 Å². The molecule has 0 spiro atoms. The van der Waals surface area contributed by atoms with Crippen molar-refractivity contribution >= 4 is 33.3 Å². The van der Waals surface area contributed by atoms with E-state index in [4.69, 9.17) is 0 Å². The maximum atomic E-state index is 4.31. The van der Waals surface area contributed by atoms with Crippen molar-refractivity contribution in [3.63, 3.8) is 0 Å². The van der Waals surface area contributed by atoms with Gasteiger partial charge in [0.1, 0.15) is 11.4 Å². The molecule has 0 aromatic carbocycles. The first-order valence-corrected chi connectivity index (χ1v) is 7.09. The van der Waals surface area contributed by atoms with E-state index < -0.39 is 0 Å². The molecule has 0 atom stereocenters. The first-order valence-electron chi connectivity index (χ1n) is 5.39. The van der Waals surface area contributed by atoms with Gasteiger partial charge in [-0.2, -0.15) is 0 Å². The zero-order chi connectivity index (χ0) is 12.5. The molecule has 0 aliphatic rings. The fourth-order valence-electron chi connectivity index (χ4n) is 1.50. The van der Waals surface area contributed by atoms with Crippen molar-refractivity contribution in [2.24, 2.45) is 0 Å². The summed E-state index contributed by atoms with van der Waals surface area (Å²) in [6, 6.07) is 2.21. The summed E-state index contributed by atoms with van der Waals surface area (Å²) in [6.45, 7) is 4.09. The Kier molecular flexibility index (Phi) is 2.96. The molecule has 0 saturated heterocycles. The Morgan fingerprint density at radius 2 is 2.22 bits per heavy atom. The third-order valence-electron chi connectivity index (χ3n) is 2.35. The zero-order valence-electron chi connectivity index (χ0n) is 9.81. The second-order valence-corrected chi connectivity index (χ2v) is 5.79. The Bertz CT molecular complexity index is 674. The van der Waals surface area contributed by atoms with Gasteiger partial charge in [0.05, 0.1) is 16.3 Å². The van der Waals surface area contributed by atoms with Crippen LogP contribution in [0, 0.1) is 0 Å². The van der Waals surface area contributed by atoms with Crippen molar-refractivity contribution in [2.45, 2.75) is 30.1 Å². The lowest BCUT2D eigenvalue weighted by atomic mass is 10.4. The van der Waals surface area contributed by atoms with Crippen molar-refractivity contribution in [1.29, 1.82) is 0 Å². The molecule has 0 N–H and O–H groups in total. The Balaban J connectivity index is 2.01. The van der Waals surface area contributed by atoms with E-state index in [1.54, 1.807) is 22.3 Å². The van der Waals surface area contributed by atoms with E-state index in [-0.39, 0.29) is 6.04 Å². The molecule has 0 aliphatic heterocycles. The first-order chi connectivity index (χ1) is 8.75. The lowest BCUT2D eigenvalue weighted by molar-refractivity contribution is 0.477. The quantitative estimate of drug-likeness (QED) is 0.685. The van der Waals surface area contributed by atoms with Gasteiger partial charge in [-0.15, -0.1) is 16.4 Å². The molecule has 0 aliphatic carbocycles. The van der Waals surface area contributed by atoms with Gasteiger partial charge in [-0.1, -0.05) is 0 Å². The van der Waals surface area contributed by atoms with E-state index in [1.165, 1.54) is 11.8 Å². The smallest absolute Gasteiger partial charge is 0.215 e. The average Bonchev–Trinajstić information content (AvgIpc) is 2.96. The monoisotopic (exact) mass is 278 g/mol. The third kappa shape index (κ3) is 1.97. The largest absolute Gasteiger partial charge is 0.235 e. The van der Waals surface area contributed by atoms with Gasteiger partial charge in [0.2, 0.25) is 5.16 Å². The molecule has 3 aromatic heterocycles. The molecule has 0 saturated carbocycles. The minimum atomic E-state index is 0.225. The SMILES string of the molecule is CC(C)n1nnnc1Sc1ncnc2ccsc12. The second kappa shape index (κ2) is 4.62. The average molecular weight is 278 g/mol. The summed E-state index contributed by atoms with van der Waals surface area (Å²) in [4.78, 5) is 8.52. The fourth-order valence-corrected chi connectivity index (χ4v) is 3.39. The van der Waals surface area contributed by atoms with Gasteiger partial charge in [0, 0.05) is 0 Å². The molecule has 92 valence electrons. The minimum absolute atomic E-state index is 0.225. The van der Waals surface area contributed by atoms with Crippen LogP contribution in [-0.2, 0) is 0 Å². The molecular weight excluding hydrogens is 268 g/mol. The maximum Gasteiger partial charge on any atom is 0.215 e. The number of thiophene rings is 1. The van der Waals surface area contributed by atoms with Crippen LogP contribution < -0.4 is 0 Å². The molecule has 8 heteroatoms. The number of hydrogen-bond donors (Lipinski definition) is 0. The van der Waals surface area contributed by atoms with Crippen LogP contribution in [0.15, 0.2) is 28.0 Å². The van der Waals surface area contributed by atoms with Crippen LogP contribution in [0.5, 0.6) is 0 Å². The van der Waals surface area contributed by atoms with E-state index in [2.05, 4.69) is 25.5 Å². The number of aromatic nitrogens is 6. The molecule has 6 nitrogen and oxygen atoms in total. The van der Waals surface area contributed by atoms with E-state index in [0.717, 1.165) is 20.4 Å². The Labute approximate surface area is 111 Å². The highest BCUT2D eigenvalue weighted by atomic mass is 32.2. The third-order valence-corrected chi connectivity index (χ3v) is 4.34. The van der Waals surface area contributed by atoms with Crippen LogP contribution in [0.2, 0.25) is 0 Å². The summed E-state index contributed by atoms with van der Waals surface area (Å²) < 4.78 is 2.85. The number of tetrazole rings is 1. The Morgan fingerprint density at radius 1 is 1.33 bits per heavy atom. The van der Waals surface area contributed by atoms with Crippen molar-refractivity contribution < 1.29 is 0 Å². The van der Waals surface area contributed by atoms with Gasteiger partial charge in [0.25, 0.3) is 0 Å². The molecular formula is C10H10N6S2. The van der Waals surface area contributed by atoms with Crippen molar-refractivity contribution in [3.8, 4) is 0 Å². The summed E-state index contributed by atoms with van der Waals surface area (Å²) in [5, 5.41) is 15.4. The normalized spacial score (nSPS) is 11.5. The van der Waals surface area contributed by atoms with Gasteiger partial charge in [0.15, 0.2) is 0 Å². The molecule has 0 unspecified atom stereocenters. The Morgan fingerprint density at radius 3 is 3.06 bits per heavy atom. The van der Waals surface area contributed by atoms with Crippen LogP contribution in [0.1, 0.15) is 19.9 Å². The maximum absolute atomic E-state index is 4.31.